The van der Waals surface area contributed by atoms with Crippen LogP contribution >= 0.6 is 7.60 Å². The molecule has 14 nitrogen and oxygen atoms in total. The molecule has 1 aromatic heterocycles. The quantitative estimate of drug-likeness (QED) is 0.169. The van der Waals surface area contributed by atoms with Crippen molar-refractivity contribution >= 4 is 36.6 Å². The van der Waals surface area contributed by atoms with Crippen LogP contribution in [0.15, 0.2) is 60.7 Å². The molecule has 280 valence electrons. The van der Waals surface area contributed by atoms with Crippen molar-refractivity contribution in [2.75, 3.05) is 71.1 Å². The predicted octanol–water partition coefficient (Wildman–Crippen LogP) is 4.81. The van der Waals surface area contributed by atoms with Gasteiger partial charge in [0.25, 0.3) is 5.91 Å². The van der Waals surface area contributed by atoms with Crippen LogP contribution in [0.25, 0.3) is 11.4 Å². The number of anilines is 1. The molecular weight excluding hydrogens is 687 g/mol. The number of hydrogen-bond donors (Lipinski definition) is 1. The molecule has 5 rings (SSSR count). The van der Waals surface area contributed by atoms with Crippen LogP contribution in [0.5, 0.6) is 0 Å². The lowest BCUT2D eigenvalue weighted by Gasteiger charge is -2.36. The largest absolute Gasteiger partial charge is 0.449 e. The molecule has 0 bridgehead atoms. The smallest absolute Gasteiger partial charge is 0.409 e. The van der Waals surface area contributed by atoms with Crippen molar-refractivity contribution in [1.82, 2.24) is 25.1 Å². The number of nitrogens with zero attached hydrogens (tertiary/aromatic N) is 5. The SMILES string of the molecule is CCCCOC(=O)N1CCN(C(=O)C(NC(=O)c2cc(N3CCC(OC)C3)nc(-c3ccccc3)n2)c2ccc(P(=O)(OCC)OCC)cc2)CC1. The van der Waals surface area contributed by atoms with Crippen molar-refractivity contribution in [3.8, 4) is 11.4 Å². The van der Waals surface area contributed by atoms with Crippen LogP contribution in [-0.2, 0) is 27.9 Å². The van der Waals surface area contributed by atoms with E-state index in [4.69, 9.17) is 23.5 Å². The second-order valence-corrected chi connectivity index (χ2v) is 14.5. The molecule has 2 fully saturated rings. The Morgan fingerprint density at radius 1 is 0.904 bits per heavy atom. The molecule has 2 saturated heterocycles. The Hall–Kier alpha value is -4.36. The molecule has 2 aromatic carbocycles. The average molecular weight is 737 g/mol. The van der Waals surface area contributed by atoms with Crippen molar-refractivity contribution in [3.05, 3.63) is 71.9 Å². The van der Waals surface area contributed by atoms with Crippen molar-refractivity contribution in [2.24, 2.45) is 0 Å². The van der Waals surface area contributed by atoms with E-state index in [-0.39, 0.29) is 57.1 Å². The van der Waals surface area contributed by atoms with Gasteiger partial charge in [0.15, 0.2) is 5.82 Å². The van der Waals surface area contributed by atoms with Gasteiger partial charge in [0.1, 0.15) is 17.6 Å². The number of piperazine rings is 1. The van der Waals surface area contributed by atoms with E-state index >= 15 is 0 Å². The van der Waals surface area contributed by atoms with Gasteiger partial charge in [0, 0.05) is 58.0 Å². The highest BCUT2D eigenvalue weighted by atomic mass is 31.2. The molecule has 0 radical (unpaired) electrons. The summed E-state index contributed by atoms with van der Waals surface area (Å²) in [6.45, 7) is 8.59. The maximum atomic E-state index is 14.3. The van der Waals surface area contributed by atoms with E-state index in [1.807, 2.05) is 37.3 Å². The number of carbonyl (C=O) groups excluding carboxylic acids is 3. The molecule has 3 heterocycles. The first-order chi connectivity index (χ1) is 25.2. The number of ether oxygens (including phenoxy) is 2. The van der Waals surface area contributed by atoms with E-state index in [2.05, 4.69) is 15.2 Å². The topological polar surface area (TPSA) is 153 Å². The first-order valence-electron chi connectivity index (χ1n) is 17.9. The maximum absolute atomic E-state index is 14.3. The summed E-state index contributed by atoms with van der Waals surface area (Å²) in [6, 6.07) is 16.4. The molecule has 2 aliphatic heterocycles. The van der Waals surface area contributed by atoms with E-state index in [1.165, 1.54) is 0 Å². The molecule has 3 aromatic rings. The molecule has 0 saturated carbocycles. The third-order valence-corrected chi connectivity index (χ3v) is 11.1. The van der Waals surface area contributed by atoms with Crippen LogP contribution in [0.4, 0.5) is 10.6 Å². The Balaban J connectivity index is 1.44. The molecule has 15 heteroatoms. The normalized spacial score (nSPS) is 16.8. The fourth-order valence-electron chi connectivity index (χ4n) is 6.11. The summed E-state index contributed by atoms with van der Waals surface area (Å²) in [5.41, 5.74) is 1.29. The Morgan fingerprint density at radius 2 is 1.58 bits per heavy atom. The van der Waals surface area contributed by atoms with Gasteiger partial charge in [-0.05, 0) is 44.4 Å². The van der Waals surface area contributed by atoms with Gasteiger partial charge >= 0.3 is 13.7 Å². The lowest BCUT2D eigenvalue weighted by atomic mass is 10.0. The Kier molecular flexibility index (Phi) is 13.8. The van der Waals surface area contributed by atoms with Crippen LogP contribution in [0.1, 0.15) is 62.1 Å². The van der Waals surface area contributed by atoms with Crippen molar-refractivity contribution in [1.29, 1.82) is 0 Å². The fraction of sp³-hybridized carbons (Fsp3) is 0.486. The number of carbonyl (C=O) groups is 3. The second-order valence-electron chi connectivity index (χ2n) is 12.5. The molecule has 2 aliphatic rings. The highest BCUT2D eigenvalue weighted by Crippen LogP contribution is 2.46. The van der Waals surface area contributed by atoms with Crippen LogP contribution in [0.2, 0.25) is 0 Å². The van der Waals surface area contributed by atoms with Gasteiger partial charge < -0.3 is 38.5 Å². The fourth-order valence-corrected chi connectivity index (χ4v) is 7.68. The second kappa shape index (κ2) is 18.4. The highest BCUT2D eigenvalue weighted by molar-refractivity contribution is 7.62. The zero-order chi connectivity index (χ0) is 37.1. The number of hydrogen-bond acceptors (Lipinski definition) is 11. The molecule has 0 aliphatic carbocycles. The summed E-state index contributed by atoms with van der Waals surface area (Å²) in [5.74, 6) is 0.0207. The van der Waals surface area contributed by atoms with E-state index in [0.717, 1.165) is 24.8 Å². The summed E-state index contributed by atoms with van der Waals surface area (Å²) in [7, 11) is -1.92. The molecule has 0 spiro atoms. The van der Waals surface area contributed by atoms with E-state index in [0.29, 0.717) is 42.2 Å². The molecule has 52 heavy (non-hydrogen) atoms. The van der Waals surface area contributed by atoms with Crippen LogP contribution in [0, 0.1) is 0 Å². The van der Waals surface area contributed by atoms with Crippen molar-refractivity contribution in [2.45, 2.75) is 52.2 Å². The van der Waals surface area contributed by atoms with Gasteiger partial charge in [-0.3, -0.25) is 14.2 Å². The van der Waals surface area contributed by atoms with Crippen molar-refractivity contribution < 1.29 is 37.5 Å². The average Bonchev–Trinajstić information content (AvgIpc) is 3.67. The van der Waals surface area contributed by atoms with E-state index < -0.39 is 25.6 Å². The van der Waals surface area contributed by atoms with Crippen molar-refractivity contribution in [3.63, 3.8) is 0 Å². The van der Waals surface area contributed by atoms with Gasteiger partial charge in [-0.1, -0.05) is 55.8 Å². The number of rotatable bonds is 15. The molecule has 3 amide bonds. The van der Waals surface area contributed by atoms with Crippen LogP contribution in [0.3, 0.4) is 0 Å². The summed E-state index contributed by atoms with van der Waals surface area (Å²) in [6.07, 6.45) is 2.14. The summed E-state index contributed by atoms with van der Waals surface area (Å²) in [5, 5.41) is 3.27. The zero-order valence-electron chi connectivity index (χ0n) is 30.4. The number of amides is 3. The number of methoxy groups -OCH3 is 1. The monoisotopic (exact) mass is 736 g/mol. The minimum absolute atomic E-state index is 0.0387. The lowest BCUT2D eigenvalue weighted by Crippen LogP contribution is -2.53. The van der Waals surface area contributed by atoms with E-state index in [9.17, 15) is 18.9 Å². The first-order valence-corrected chi connectivity index (χ1v) is 19.5. The van der Waals surface area contributed by atoms with Gasteiger partial charge in [0.2, 0.25) is 5.91 Å². The van der Waals surface area contributed by atoms with Crippen LogP contribution in [-0.4, -0.2) is 110 Å². The third kappa shape index (κ3) is 9.54. The Morgan fingerprint density at radius 3 is 2.19 bits per heavy atom. The Labute approximate surface area is 305 Å². The lowest BCUT2D eigenvalue weighted by molar-refractivity contribution is -0.135. The number of nitrogens with one attached hydrogen (secondary N) is 1. The highest BCUT2D eigenvalue weighted by Gasteiger charge is 2.34. The molecule has 2 atom stereocenters. The minimum atomic E-state index is -3.59. The number of benzene rings is 2. The minimum Gasteiger partial charge on any atom is -0.449 e. The number of aromatic nitrogens is 2. The maximum Gasteiger partial charge on any atom is 0.409 e. The molecule has 2 unspecified atom stereocenters. The molecular formula is C37H49N6O8P. The van der Waals surface area contributed by atoms with Gasteiger partial charge in [-0.25, -0.2) is 14.8 Å². The van der Waals surface area contributed by atoms with Crippen LogP contribution < -0.4 is 15.5 Å². The third-order valence-electron chi connectivity index (χ3n) is 9.02. The summed E-state index contributed by atoms with van der Waals surface area (Å²) in [4.78, 5) is 55.8. The van der Waals surface area contributed by atoms with Gasteiger partial charge in [-0.15, -0.1) is 0 Å². The number of unbranched alkanes of at least 4 members (excludes halogenated alkanes) is 1. The first kappa shape index (κ1) is 38.9. The van der Waals surface area contributed by atoms with Gasteiger partial charge in [0.05, 0.1) is 31.2 Å². The summed E-state index contributed by atoms with van der Waals surface area (Å²) < 4.78 is 35.5. The zero-order valence-corrected chi connectivity index (χ0v) is 31.3. The standard InChI is InChI=1S/C37H49N6O8P/c1-5-8-24-49-37(46)42-22-20-41(21-23-42)36(45)33(27-14-16-30(17-15-27)52(47,50-6-2)51-7-3)40-35(44)31-25-32(43-19-18-29(26-43)48-4)39-34(38-31)28-12-10-9-11-13-28/h9-17,25,29,33H,5-8,18-24,26H2,1-4H3,(H,40,44). The summed E-state index contributed by atoms with van der Waals surface area (Å²) >= 11 is 0. The predicted molar refractivity (Wildman–Crippen MR) is 197 cm³/mol. The van der Waals surface area contributed by atoms with Gasteiger partial charge in [-0.2, -0.15) is 0 Å². The Bertz CT molecular complexity index is 1690. The van der Waals surface area contributed by atoms with E-state index in [1.54, 1.807) is 61.1 Å². The molecule has 1 N–H and O–H groups in total.